The number of pyridine rings is 1. The molecule has 0 atom stereocenters. The molecular formula is C23H19N3O3. The van der Waals surface area contributed by atoms with Crippen molar-refractivity contribution in [2.75, 3.05) is 7.11 Å². The first kappa shape index (κ1) is 18.4. The maximum Gasteiger partial charge on any atom is 0.260 e. The highest BCUT2D eigenvalue weighted by Crippen LogP contribution is 2.19. The number of carbonyl (C=O) groups is 1. The molecule has 0 aliphatic carbocycles. The fourth-order valence-electron chi connectivity index (χ4n) is 3.33. The first-order valence-corrected chi connectivity index (χ1v) is 9.13. The van der Waals surface area contributed by atoms with Crippen LogP contribution in [0.15, 0.2) is 82.7 Å². The van der Waals surface area contributed by atoms with E-state index >= 15 is 0 Å². The van der Waals surface area contributed by atoms with Gasteiger partial charge in [-0.25, -0.2) is 5.43 Å². The number of hydrogen-bond donors (Lipinski definition) is 1. The van der Waals surface area contributed by atoms with Crippen molar-refractivity contribution in [2.45, 2.75) is 6.54 Å². The molecule has 4 rings (SSSR count). The molecule has 0 unspecified atom stereocenters. The molecule has 1 amide bonds. The molecule has 1 N–H and O–H groups in total. The number of hydrogen-bond acceptors (Lipinski definition) is 4. The van der Waals surface area contributed by atoms with Crippen molar-refractivity contribution in [1.29, 1.82) is 0 Å². The normalized spacial score (nSPS) is 11.2. The van der Waals surface area contributed by atoms with E-state index in [-0.39, 0.29) is 17.9 Å². The second kappa shape index (κ2) is 7.98. The fraction of sp³-hybridized carbons (Fsp3) is 0.0870. The van der Waals surface area contributed by atoms with Gasteiger partial charge < -0.3 is 9.30 Å². The van der Waals surface area contributed by atoms with Gasteiger partial charge in [-0.05, 0) is 42.0 Å². The smallest absolute Gasteiger partial charge is 0.260 e. The molecule has 0 aliphatic heterocycles. The summed E-state index contributed by atoms with van der Waals surface area (Å²) in [7, 11) is 1.59. The Morgan fingerprint density at radius 3 is 2.31 bits per heavy atom. The van der Waals surface area contributed by atoms with Gasteiger partial charge in [-0.3, -0.25) is 9.59 Å². The van der Waals surface area contributed by atoms with Crippen LogP contribution in [0, 0.1) is 0 Å². The Kier molecular flexibility index (Phi) is 5.07. The fourth-order valence-corrected chi connectivity index (χ4v) is 3.33. The van der Waals surface area contributed by atoms with Crippen molar-refractivity contribution >= 4 is 33.9 Å². The Bertz CT molecular complexity index is 1230. The molecule has 29 heavy (non-hydrogen) atoms. The topological polar surface area (TPSA) is 72.7 Å². The molecule has 1 aromatic heterocycles. The zero-order valence-electron chi connectivity index (χ0n) is 15.8. The number of nitrogens with one attached hydrogen (secondary N) is 1. The monoisotopic (exact) mass is 385 g/mol. The van der Waals surface area contributed by atoms with Crippen molar-refractivity contribution < 1.29 is 9.53 Å². The number of carbonyl (C=O) groups excluding carboxylic acids is 1. The lowest BCUT2D eigenvalue weighted by Crippen LogP contribution is -2.25. The minimum Gasteiger partial charge on any atom is -0.497 e. The van der Waals surface area contributed by atoms with Crippen molar-refractivity contribution in [2.24, 2.45) is 5.10 Å². The average molecular weight is 385 g/mol. The molecule has 6 nitrogen and oxygen atoms in total. The molecule has 0 fully saturated rings. The van der Waals surface area contributed by atoms with Gasteiger partial charge >= 0.3 is 0 Å². The Labute approximate surface area is 167 Å². The Morgan fingerprint density at radius 2 is 1.66 bits per heavy atom. The highest BCUT2D eigenvalue weighted by molar-refractivity contribution is 5.95. The van der Waals surface area contributed by atoms with Gasteiger partial charge in [0.25, 0.3) is 5.91 Å². The molecule has 0 saturated heterocycles. The van der Waals surface area contributed by atoms with E-state index in [0.717, 1.165) is 5.56 Å². The third-order valence-electron chi connectivity index (χ3n) is 4.68. The summed E-state index contributed by atoms with van der Waals surface area (Å²) in [5.74, 6) is 0.426. The summed E-state index contributed by atoms with van der Waals surface area (Å²) in [6.45, 7) is 0.0384. The minimum atomic E-state index is -0.289. The third kappa shape index (κ3) is 3.73. The second-order valence-corrected chi connectivity index (χ2v) is 6.52. The molecule has 1 heterocycles. The van der Waals surface area contributed by atoms with E-state index in [9.17, 15) is 9.59 Å². The quantitative estimate of drug-likeness (QED) is 0.325. The van der Waals surface area contributed by atoms with Crippen molar-refractivity contribution in [1.82, 2.24) is 9.99 Å². The number of methoxy groups -OCH3 is 1. The third-order valence-corrected chi connectivity index (χ3v) is 4.68. The van der Waals surface area contributed by atoms with Crippen LogP contribution >= 0.6 is 0 Å². The number of ether oxygens (including phenoxy) is 1. The molecule has 0 saturated carbocycles. The number of aromatic nitrogens is 1. The maximum absolute atomic E-state index is 12.8. The molecule has 0 spiro atoms. The van der Waals surface area contributed by atoms with E-state index < -0.39 is 0 Å². The van der Waals surface area contributed by atoms with Gasteiger partial charge in [0, 0.05) is 10.8 Å². The Balaban J connectivity index is 1.63. The van der Waals surface area contributed by atoms with Crippen LogP contribution < -0.4 is 15.6 Å². The second-order valence-electron chi connectivity index (χ2n) is 6.52. The molecule has 4 aromatic rings. The van der Waals surface area contributed by atoms with Gasteiger partial charge in [-0.1, -0.05) is 36.4 Å². The Hall–Kier alpha value is -3.93. The molecule has 144 valence electrons. The number of para-hydroxylation sites is 2. The summed E-state index contributed by atoms with van der Waals surface area (Å²) in [6.07, 6.45) is 1.56. The van der Waals surface area contributed by atoms with Crippen LogP contribution in [0.3, 0.4) is 0 Å². The molecule has 0 bridgehead atoms. The average Bonchev–Trinajstić information content (AvgIpc) is 2.77. The molecular weight excluding hydrogens is 366 g/mol. The van der Waals surface area contributed by atoms with E-state index in [1.165, 1.54) is 0 Å². The largest absolute Gasteiger partial charge is 0.497 e. The summed E-state index contributed by atoms with van der Waals surface area (Å²) in [4.78, 5) is 25.3. The summed E-state index contributed by atoms with van der Waals surface area (Å²) >= 11 is 0. The van der Waals surface area contributed by atoms with Crippen molar-refractivity contribution in [3.8, 4) is 5.75 Å². The van der Waals surface area contributed by atoms with Crippen LogP contribution in [-0.4, -0.2) is 23.8 Å². The maximum atomic E-state index is 12.8. The number of benzene rings is 3. The van der Waals surface area contributed by atoms with Crippen LogP contribution in [0.4, 0.5) is 0 Å². The summed E-state index contributed by atoms with van der Waals surface area (Å²) in [5, 5.41) is 5.20. The number of hydrazone groups is 1. The number of amides is 1. The van der Waals surface area contributed by atoms with Gasteiger partial charge in [0.1, 0.15) is 12.3 Å². The molecule has 3 aromatic carbocycles. The molecule has 6 heteroatoms. The van der Waals surface area contributed by atoms with Gasteiger partial charge in [-0.2, -0.15) is 5.10 Å². The minimum absolute atomic E-state index is 0.0381. The standard InChI is InChI=1S/C23H19N3O3/c1-29-17-8-6-7-16(13-17)14-24-25-22(27)15-26-20-11-4-2-9-18(20)23(28)19-10-3-5-12-21(19)26/h2-14H,15H2,1H3,(H,25,27)/b24-14-. The number of fused-ring (bicyclic) bond motifs is 2. The lowest BCUT2D eigenvalue weighted by atomic mass is 10.1. The van der Waals surface area contributed by atoms with E-state index in [4.69, 9.17) is 4.74 Å². The van der Waals surface area contributed by atoms with Crippen LogP contribution in [-0.2, 0) is 11.3 Å². The predicted octanol–water partition coefficient (Wildman–Crippen LogP) is 3.31. The lowest BCUT2D eigenvalue weighted by molar-refractivity contribution is -0.121. The highest BCUT2D eigenvalue weighted by Gasteiger charge is 2.12. The van der Waals surface area contributed by atoms with E-state index in [2.05, 4.69) is 10.5 Å². The van der Waals surface area contributed by atoms with Crippen LogP contribution in [0.1, 0.15) is 5.56 Å². The van der Waals surface area contributed by atoms with E-state index in [1.807, 2.05) is 65.2 Å². The van der Waals surface area contributed by atoms with Gasteiger partial charge in [0.15, 0.2) is 5.43 Å². The summed E-state index contributed by atoms with van der Waals surface area (Å²) < 4.78 is 7.01. The van der Waals surface area contributed by atoms with Crippen LogP contribution in [0.2, 0.25) is 0 Å². The predicted molar refractivity (Wildman–Crippen MR) is 114 cm³/mol. The van der Waals surface area contributed by atoms with Gasteiger partial charge in [0.2, 0.25) is 0 Å². The first-order valence-electron chi connectivity index (χ1n) is 9.13. The van der Waals surface area contributed by atoms with Gasteiger partial charge in [-0.15, -0.1) is 0 Å². The van der Waals surface area contributed by atoms with Gasteiger partial charge in [0.05, 0.1) is 24.4 Å². The first-order chi connectivity index (χ1) is 14.2. The Morgan fingerprint density at radius 1 is 1.00 bits per heavy atom. The molecule has 0 radical (unpaired) electrons. The van der Waals surface area contributed by atoms with E-state index in [1.54, 1.807) is 25.5 Å². The highest BCUT2D eigenvalue weighted by atomic mass is 16.5. The zero-order valence-corrected chi connectivity index (χ0v) is 15.8. The summed E-state index contributed by atoms with van der Waals surface area (Å²) in [6, 6.07) is 22.0. The van der Waals surface area contributed by atoms with Crippen LogP contribution in [0.5, 0.6) is 5.75 Å². The van der Waals surface area contributed by atoms with Crippen molar-refractivity contribution in [3.05, 3.63) is 88.6 Å². The van der Waals surface area contributed by atoms with Crippen LogP contribution in [0.25, 0.3) is 21.8 Å². The lowest BCUT2D eigenvalue weighted by Gasteiger charge is -2.14. The summed E-state index contributed by atoms with van der Waals surface area (Å²) in [5.41, 5.74) is 4.75. The van der Waals surface area contributed by atoms with Crippen molar-refractivity contribution in [3.63, 3.8) is 0 Å². The SMILES string of the molecule is COc1cccc(/C=N\NC(=O)Cn2c3ccccc3c(=O)c3ccccc32)c1. The zero-order chi connectivity index (χ0) is 20.2. The number of rotatable bonds is 5. The molecule has 0 aliphatic rings. The number of nitrogens with zero attached hydrogens (tertiary/aromatic N) is 2. The van der Waals surface area contributed by atoms with E-state index in [0.29, 0.717) is 27.6 Å².